The van der Waals surface area contributed by atoms with Gasteiger partial charge < -0.3 is 4.18 Å². The van der Waals surface area contributed by atoms with Crippen LogP contribution in [0.25, 0.3) is 10.9 Å². The monoisotopic (exact) mass is 385 g/mol. The largest absolute Gasteiger partial charge is 0.446 e. The second-order valence-corrected chi connectivity index (χ2v) is 5.67. The van der Waals surface area contributed by atoms with E-state index in [1.807, 2.05) is 22.6 Å². The van der Waals surface area contributed by atoms with Gasteiger partial charge in [0.1, 0.15) is 5.52 Å². The summed E-state index contributed by atoms with van der Waals surface area (Å²) in [6.07, 6.45) is 1.48. The molecule has 90 valence electrons. The summed E-state index contributed by atoms with van der Waals surface area (Å²) in [6.45, 7) is 0. The maximum absolute atomic E-state index is 10.8. The van der Waals surface area contributed by atoms with Gasteiger partial charge in [0.15, 0.2) is 5.75 Å². The van der Waals surface area contributed by atoms with Gasteiger partial charge >= 0.3 is 10.4 Å². The molecule has 0 radical (unpaired) electrons. The van der Waals surface area contributed by atoms with Crippen LogP contribution in [-0.4, -0.2) is 18.0 Å². The highest BCUT2D eigenvalue weighted by Crippen LogP contribution is 2.35. The fraction of sp³-hybridized carbons (Fsp3) is 0. The fourth-order valence-electron chi connectivity index (χ4n) is 1.33. The first-order valence-corrected chi connectivity index (χ1v) is 7.10. The molecule has 8 heteroatoms. The van der Waals surface area contributed by atoms with Gasteiger partial charge in [0.25, 0.3) is 0 Å². The molecule has 0 aliphatic rings. The van der Waals surface area contributed by atoms with Gasteiger partial charge in [-0.05, 0) is 40.8 Å². The molecule has 1 heterocycles. The van der Waals surface area contributed by atoms with E-state index in [2.05, 4.69) is 9.17 Å². The van der Waals surface area contributed by atoms with Crippen LogP contribution in [0.5, 0.6) is 5.75 Å². The Morgan fingerprint density at radius 1 is 1.47 bits per heavy atom. The molecule has 2 aromatic rings. The van der Waals surface area contributed by atoms with Gasteiger partial charge in [-0.15, -0.1) is 0 Å². The van der Waals surface area contributed by atoms with Crippen molar-refractivity contribution in [3.63, 3.8) is 0 Å². The van der Waals surface area contributed by atoms with Crippen LogP contribution < -0.4 is 4.18 Å². The van der Waals surface area contributed by atoms with Crippen molar-refractivity contribution in [3.05, 3.63) is 33.0 Å². The summed E-state index contributed by atoms with van der Waals surface area (Å²) in [5.74, 6) is -0.0342. The number of fused-ring (bicyclic) bond motifs is 1. The molecule has 1 aromatic heterocycles. The zero-order valence-corrected chi connectivity index (χ0v) is 11.8. The van der Waals surface area contributed by atoms with Crippen LogP contribution in [0.2, 0.25) is 5.02 Å². The molecule has 0 unspecified atom stereocenters. The molecule has 0 atom stereocenters. The Bertz CT molecular complexity index is 689. The minimum Gasteiger partial charge on any atom is -0.358 e. The topological polar surface area (TPSA) is 76.5 Å². The van der Waals surface area contributed by atoms with Gasteiger partial charge in [-0.1, -0.05) is 11.6 Å². The normalized spacial score (nSPS) is 11.7. The molecule has 0 saturated heterocycles. The fourth-order valence-corrected chi connectivity index (χ4v) is 2.98. The standard InChI is InChI=1S/C9H5ClINO4S/c10-6-4-7(11)9(16-17(13,14)15)8-5(6)2-1-3-12-8/h1-4H,(H,13,14,15). The van der Waals surface area contributed by atoms with Gasteiger partial charge in [0.05, 0.1) is 8.59 Å². The average Bonchev–Trinajstić information content (AvgIpc) is 2.23. The van der Waals surface area contributed by atoms with Crippen molar-refractivity contribution >= 4 is 55.5 Å². The second kappa shape index (κ2) is 4.56. The molecular formula is C9H5ClINO4S. The number of hydrogen-bond donors (Lipinski definition) is 1. The summed E-state index contributed by atoms with van der Waals surface area (Å²) < 4.78 is 35.2. The maximum atomic E-state index is 10.8. The van der Waals surface area contributed by atoms with Crippen molar-refractivity contribution in [2.24, 2.45) is 0 Å². The Hall–Kier alpha value is -0.640. The predicted molar refractivity (Wildman–Crippen MR) is 71.6 cm³/mol. The van der Waals surface area contributed by atoms with Gasteiger partial charge in [0, 0.05) is 11.6 Å². The van der Waals surface area contributed by atoms with Crippen LogP contribution in [0.1, 0.15) is 0 Å². The molecule has 1 N–H and O–H groups in total. The molecule has 5 nitrogen and oxygen atoms in total. The van der Waals surface area contributed by atoms with Gasteiger partial charge in [-0.2, -0.15) is 8.42 Å². The summed E-state index contributed by atoms with van der Waals surface area (Å²) in [5.41, 5.74) is 0.280. The first-order valence-electron chi connectivity index (χ1n) is 4.28. The second-order valence-electron chi connectivity index (χ2n) is 3.08. The van der Waals surface area contributed by atoms with Crippen LogP contribution in [0.15, 0.2) is 24.4 Å². The lowest BCUT2D eigenvalue weighted by Gasteiger charge is -2.08. The number of benzene rings is 1. The molecular weight excluding hydrogens is 381 g/mol. The molecule has 17 heavy (non-hydrogen) atoms. The highest BCUT2D eigenvalue weighted by atomic mass is 127. The third kappa shape index (κ3) is 2.79. The summed E-state index contributed by atoms with van der Waals surface area (Å²) >= 11 is 7.84. The van der Waals surface area contributed by atoms with Gasteiger partial charge in [-0.25, -0.2) is 0 Å². The SMILES string of the molecule is O=S(=O)(O)Oc1c(I)cc(Cl)c2cccnc12. The van der Waals surface area contributed by atoms with Crippen LogP contribution in [0, 0.1) is 3.57 Å². The molecule has 0 bridgehead atoms. The summed E-state index contributed by atoms with van der Waals surface area (Å²) in [4.78, 5) is 4.00. The average molecular weight is 386 g/mol. The van der Waals surface area contributed by atoms with E-state index in [0.717, 1.165) is 0 Å². The van der Waals surface area contributed by atoms with Crippen molar-refractivity contribution in [2.75, 3.05) is 0 Å². The number of pyridine rings is 1. The van der Waals surface area contributed by atoms with E-state index in [9.17, 15) is 8.42 Å². The van der Waals surface area contributed by atoms with Crippen LogP contribution in [-0.2, 0) is 10.4 Å². The van der Waals surface area contributed by atoms with E-state index in [1.54, 1.807) is 12.1 Å². The van der Waals surface area contributed by atoms with E-state index in [4.69, 9.17) is 16.2 Å². The van der Waals surface area contributed by atoms with Crippen molar-refractivity contribution in [2.45, 2.75) is 0 Å². The summed E-state index contributed by atoms with van der Waals surface area (Å²) in [7, 11) is -4.59. The molecule has 1 aromatic carbocycles. The van der Waals surface area contributed by atoms with Gasteiger partial charge in [-0.3, -0.25) is 9.54 Å². The Morgan fingerprint density at radius 3 is 2.82 bits per heavy atom. The third-order valence-electron chi connectivity index (χ3n) is 1.94. The lowest BCUT2D eigenvalue weighted by molar-refractivity contribution is 0.387. The van der Waals surface area contributed by atoms with E-state index >= 15 is 0 Å². The molecule has 0 spiro atoms. The Labute approximate surface area is 116 Å². The Balaban J connectivity index is 2.78. The lowest BCUT2D eigenvalue weighted by atomic mass is 10.2. The Morgan fingerprint density at radius 2 is 2.18 bits per heavy atom. The number of halogens is 2. The van der Waals surface area contributed by atoms with Crippen LogP contribution >= 0.6 is 34.2 Å². The number of hydrogen-bond acceptors (Lipinski definition) is 4. The van der Waals surface area contributed by atoms with Crippen molar-refractivity contribution in [1.29, 1.82) is 0 Å². The van der Waals surface area contributed by atoms with Crippen molar-refractivity contribution < 1.29 is 17.2 Å². The quantitative estimate of drug-likeness (QED) is 0.635. The highest BCUT2D eigenvalue weighted by Gasteiger charge is 2.17. The maximum Gasteiger partial charge on any atom is 0.446 e. The number of rotatable bonds is 2. The molecule has 0 fully saturated rings. The Kier molecular flexibility index (Phi) is 3.43. The van der Waals surface area contributed by atoms with Crippen LogP contribution in [0.3, 0.4) is 0 Å². The van der Waals surface area contributed by atoms with Crippen molar-refractivity contribution in [1.82, 2.24) is 4.98 Å². The smallest absolute Gasteiger partial charge is 0.358 e. The van der Waals surface area contributed by atoms with E-state index < -0.39 is 10.4 Å². The van der Waals surface area contributed by atoms with E-state index in [1.165, 1.54) is 12.3 Å². The zero-order valence-electron chi connectivity index (χ0n) is 8.09. The summed E-state index contributed by atoms with van der Waals surface area (Å²) in [5, 5.41) is 0.980. The molecule has 0 saturated carbocycles. The minimum absolute atomic E-state index is 0.0342. The molecule has 0 aliphatic heterocycles. The first-order chi connectivity index (χ1) is 7.88. The number of nitrogens with zero attached hydrogens (tertiary/aromatic N) is 1. The number of aromatic nitrogens is 1. The lowest BCUT2D eigenvalue weighted by Crippen LogP contribution is -2.08. The highest BCUT2D eigenvalue weighted by molar-refractivity contribution is 14.1. The van der Waals surface area contributed by atoms with Crippen LogP contribution in [0.4, 0.5) is 0 Å². The van der Waals surface area contributed by atoms with Gasteiger partial charge in [0.2, 0.25) is 0 Å². The molecule has 2 rings (SSSR count). The summed E-state index contributed by atoms with van der Waals surface area (Å²) in [6, 6.07) is 4.88. The minimum atomic E-state index is -4.59. The first kappa shape index (κ1) is 12.8. The van der Waals surface area contributed by atoms with E-state index in [-0.39, 0.29) is 11.3 Å². The molecule has 0 amide bonds. The van der Waals surface area contributed by atoms with Crippen molar-refractivity contribution in [3.8, 4) is 5.75 Å². The predicted octanol–water partition coefficient (Wildman–Crippen LogP) is 2.67. The molecule has 0 aliphatic carbocycles. The van der Waals surface area contributed by atoms with E-state index in [0.29, 0.717) is 14.0 Å². The zero-order chi connectivity index (χ0) is 12.6. The third-order valence-corrected chi connectivity index (χ3v) is 3.43.